The number of rotatable bonds is 8. The van der Waals surface area contributed by atoms with Crippen molar-refractivity contribution >= 4 is 17.8 Å². The molecule has 0 bridgehead atoms. The average molecular weight is 350 g/mol. The van der Waals surface area contributed by atoms with E-state index in [4.69, 9.17) is 0 Å². The number of fused-ring (bicyclic) bond motifs is 1. The summed E-state index contributed by atoms with van der Waals surface area (Å²) in [5.41, 5.74) is 0.637. The predicted octanol–water partition coefficient (Wildman–Crippen LogP) is 2.87. The zero-order chi connectivity index (χ0) is 18.1. The highest BCUT2D eigenvalue weighted by Crippen LogP contribution is 2.47. The van der Waals surface area contributed by atoms with Crippen molar-refractivity contribution in [1.82, 2.24) is 10.6 Å². The van der Waals surface area contributed by atoms with Gasteiger partial charge in [-0.25, -0.2) is 4.79 Å². The Hall–Kier alpha value is -1.85. The van der Waals surface area contributed by atoms with Crippen LogP contribution in [0.1, 0.15) is 64.2 Å². The number of alkyl carbamates (subject to hydrolysis) is 1. The van der Waals surface area contributed by atoms with E-state index in [0.29, 0.717) is 25.9 Å². The molecule has 0 radical (unpaired) electrons. The molecule has 25 heavy (non-hydrogen) atoms. The number of methoxy groups -OCH3 is 1. The van der Waals surface area contributed by atoms with Crippen molar-refractivity contribution in [2.75, 3.05) is 20.2 Å². The molecule has 6 nitrogen and oxygen atoms in total. The Balaban J connectivity index is 1.67. The summed E-state index contributed by atoms with van der Waals surface area (Å²) in [5, 5.41) is 5.75. The molecule has 2 aliphatic carbocycles. The minimum absolute atomic E-state index is 0.110. The number of nitrogens with one attached hydrogen (secondary N) is 2. The summed E-state index contributed by atoms with van der Waals surface area (Å²) in [6.45, 7) is 1.29. The minimum atomic E-state index is -0.420. The Bertz CT molecular complexity index is 530. The van der Waals surface area contributed by atoms with E-state index in [9.17, 15) is 14.4 Å². The summed E-state index contributed by atoms with van der Waals surface area (Å²) < 4.78 is 4.51. The van der Waals surface area contributed by atoms with Crippen molar-refractivity contribution in [3.63, 3.8) is 0 Å². The van der Waals surface area contributed by atoms with E-state index in [1.54, 1.807) is 6.08 Å². The topological polar surface area (TPSA) is 84.5 Å². The first kappa shape index (κ1) is 19.5. The molecule has 1 saturated carbocycles. The maximum absolute atomic E-state index is 12.8. The highest BCUT2D eigenvalue weighted by atomic mass is 16.5. The molecule has 2 rings (SSSR count). The lowest BCUT2D eigenvalue weighted by Crippen LogP contribution is -2.46. The Kier molecular flexibility index (Phi) is 7.47. The largest absolute Gasteiger partial charge is 0.453 e. The summed E-state index contributed by atoms with van der Waals surface area (Å²) in [6.07, 6.45) is 10.2. The van der Waals surface area contributed by atoms with Crippen LogP contribution in [0.25, 0.3) is 0 Å². The van der Waals surface area contributed by atoms with Crippen LogP contribution in [0.3, 0.4) is 0 Å². The molecule has 2 aliphatic rings. The second kappa shape index (κ2) is 9.59. The maximum Gasteiger partial charge on any atom is 0.406 e. The van der Waals surface area contributed by atoms with Crippen LogP contribution in [0, 0.1) is 5.41 Å². The standard InChI is InChI=1S/C19H30N2O4/c1-25-18(24)21-13-7-3-2-6-12-20-17(23)19-10-5-4-8-15(19)14-16(22)9-11-19/h14H,2-13H2,1H3,(H,20,23)(H,21,24)/t19-/m0/s1. The molecule has 2 N–H and O–H groups in total. The van der Waals surface area contributed by atoms with E-state index < -0.39 is 11.5 Å². The first-order chi connectivity index (χ1) is 12.1. The lowest BCUT2D eigenvalue weighted by molar-refractivity contribution is -0.131. The smallest absolute Gasteiger partial charge is 0.406 e. The second-order valence-corrected chi connectivity index (χ2v) is 7.01. The van der Waals surface area contributed by atoms with Gasteiger partial charge in [0.15, 0.2) is 5.78 Å². The molecule has 0 aromatic carbocycles. The summed E-state index contributed by atoms with van der Waals surface area (Å²) in [5.74, 6) is 0.277. The van der Waals surface area contributed by atoms with Gasteiger partial charge in [-0.05, 0) is 44.6 Å². The second-order valence-electron chi connectivity index (χ2n) is 7.01. The Morgan fingerprint density at radius 3 is 2.48 bits per heavy atom. The summed E-state index contributed by atoms with van der Waals surface area (Å²) in [6, 6.07) is 0. The quantitative estimate of drug-likeness (QED) is 0.659. The van der Waals surface area contributed by atoms with E-state index in [-0.39, 0.29) is 11.7 Å². The molecule has 2 amide bonds. The zero-order valence-electron chi connectivity index (χ0n) is 15.2. The highest BCUT2D eigenvalue weighted by molar-refractivity contribution is 5.96. The number of hydrogen-bond donors (Lipinski definition) is 2. The van der Waals surface area contributed by atoms with Gasteiger partial charge >= 0.3 is 6.09 Å². The first-order valence-electron chi connectivity index (χ1n) is 9.42. The molecule has 1 atom stereocenters. The summed E-state index contributed by atoms with van der Waals surface area (Å²) >= 11 is 0. The van der Waals surface area contributed by atoms with E-state index in [0.717, 1.165) is 56.9 Å². The van der Waals surface area contributed by atoms with Gasteiger partial charge < -0.3 is 15.4 Å². The van der Waals surface area contributed by atoms with Gasteiger partial charge in [0.2, 0.25) is 5.91 Å². The molecule has 0 unspecified atom stereocenters. The van der Waals surface area contributed by atoms with Crippen LogP contribution >= 0.6 is 0 Å². The molecule has 1 fully saturated rings. The first-order valence-corrected chi connectivity index (χ1v) is 9.42. The van der Waals surface area contributed by atoms with Crippen LogP contribution in [0.15, 0.2) is 11.6 Å². The van der Waals surface area contributed by atoms with Crippen molar-refractivity contribution in [3.8, 4) is 0 Å². The molecule has 0 aromatic rings. The number of carbonyl (C=O) groups excluding carboxylic acids is 3. The van der Waals surface area contributed by atoms with Crippen molar-refractivity contribution in [2.24, 2.45) is 5.41 Å². The van der Waals surface area contributed by atoms with Crippen molar-refractivity contribution in [3.05, 3.63) is 11.6 Å². The zero-order valence-corrected chi connectivity index (χ0v) is 15.2. The van der Waals surface area contributed by atoms with Gasteiger partial charge in [0.1, 0.15) is 0 Å². The molecule has 140 valence electrons. The normalized spacial score (nSPS) is 22.6. The van der Waals surface area contributed by atoms with Gasteiger partial charge in [0.25, 0.3) is 0 Å². The van der Waals surface area contributed by atoms with Crippen LogP contribution in [0.2, 0.25) is 0 Å². The van der Waals surface area contributed by atoms with E-state index in [1.807, 2.05) is 0 Å². The molecule has 6 heteroatoms. The van der Waals surface area contributed by atoms with Crippen LogP contribution in [-0.2, 0) is 14.3 Å². The molecule has 0 aliphatic heterocycles. The number of amides is 2. The van der Waals surface area contributed by atoms with Gasteiger partial charge in [-0.1, -0.05) is 24.8 Å². The third kappa shape index (κ3) is 5.31. The number of unbranched alkanes of at least 4 members (excludes halogenated alkanes) is 3. The molecule has 0 saturated heterocycles. The van der Waals surface area contributed by atoms with Crippen molar-refractivity contribution < 1.29 is 19.1 Å². The van der Waals surface area contributed by atoms with Crippen LogP contribution in [0.5, 0.6) is 0 Å². The Labute approximate surface area is 149 Å². The Morgan fingerprint density at radius 2 is 1.76 bits per heavy atom. The fourth-order valence-electron chi connectivity index (χ4n) is 3.85. The fourth-order valence-corrected chi connectivity index (χ4v) is 3.85. The summed E-state index contributed by atoms with van der Waals surface area (Å²) in [7, 11) is 1.35. The number of ketones is 1. The number of carbonyl (C=O) groups is 3. The number of ether oxygens (including phenoxy) is 1. The minimum Gasteiger partial charge on any atom is -0.453 e. The van der Waals surface area contributed by atoms with Gasteiger partial charge in [-0.15, -0.1) is 0 Å². The maximum atomic E-state index is 12.8. The van der Waals surface area contributed by atoms with Crippen molar-refractivity contribution in [2.45, 2.75) is 64.2 Å². The van der Waals surface area contributed by atoms with Crippen LogP contribution in [0.4, 0.5) is 4.79 Å². The monoisotopic (exact) mass is 350 g/mol. The molecule has 0 heterocycles. The van der Waals surface area contributed by atoms with Gasteiger partial charge in [0, 0.05) is 19.5 Å². The molecule has 0 aromatic heterocycles. The lowest BCUT2D eigenvalue weighted by atomic mass is 9.64. The fraction of sp³-hybridized carbons (Fsp3) is 0.737. The highest BCUT2D eigenvalue weighted by Gasteiger charge is 2.45. The molecular formula is C19H30N2O4. The number of hydrogen-bond acceptors (Lipinski definition) is 4. The van der Waals surface area contributed by atoms with Crippen LogP contribution < -0.4 is 10.6 Å². The van der Waals surface area contributed by atoms with Gasteiger partial charge in [-0.3, -0.25) is 9.59 Å². The molecular weight excluding hydrogens is 320 g/mol. The third-order valence-electron chi connectivity index (χ3n) is 5.33. The van der Waals surface area contributed by atoms with Crippen LogP contribution in [-0.4, -0.2) is 38.0 Å². The third-order valence-corrected chi connectivity index (χ3v) is 5.33. The average Bonchev–Trinajstić information content (AvgIpc) is 2.63. The number of allylic oxidation sites excluding steroid dienone is 1. The predicted molar refractivity (Wildman–Crippen MR) is 95.1 cm³/mol. The summed E-state index contributed by atoms with van der Waals surface area (Å²) in [4.78, 5) is 35.4. The van der Waals surface area contributed by atoms with E-state index in [2.05, 4.69) is 15.4 Å². The van der Waals surface area contributed by atoms with Crippen molar-refractivity contribution in [1.29, 1.82) is 0 Å². The van der Waals surface area contributed by atoms with E-state index in [1.165, 1.54) is 7.11 Å². The van der Waals surface area contributed by atoms with E-state index >= 15 is 0 Å². The SMILES string of the molecule is COC(=O)NCCCCCCNC(=O)[C@]12CCCCC1=CC(=O)CC2. The lowest BCUT2D eigenvalue weighted by Gasteiger charge is -2.40. The van der Waals surface area contributed by atoms with Gasteiger partial charge in [-0.2, -0.15) is 0 Å². The molecule has 0 spiro atoms. The van der Waals surface area contributed by atoms with Gasteiger partial charge in [0.05, 0.1) is 12.5 Å². The Morgan fingerprint density at radius 1 is 1.04 bits per heavy atom.